The highest BCUT2D eigenvalue weighted by molar-refractivity contribution is 6.49. The molecule has 1 spiro atoms. The summed E-state index contributed by atoms with van der Waals surface area (Å²) in [5.41, 5.74) is 0.467. The largest absolute Gasteiger partial charge is 0.298 e. The summed E-state index contributed by atoms with van der Waals surface area (Å²) >= 11 is 0. The molecule has 2 aliphatic rings. The molecule has 8 heteroatoms. The van der Waals surface area contributed by atoms with Crippen LogP contribution >= 0.6 is 0 Å². The molecule has 2 saturated heterocycles. The minimum atomic E-state index is -1.40. The van der Waals surface area contributed by atoms with Crippen LogP contribution in [0.5, 0.6) is 0 Å². The van der Waals surface area contributed by atoms with Crippen molar-refractivity contribution in [1.29, 1.82) is 0 Å². The molecule has 3 rings (SSSR count). The van der Waals surface area contributed by atoms with Crippen molar-refractivity contribution in [2.45, 2.75) is 17.2 Å². The maximum absolute atomic E-state index is 10.8. The van der Waals surface area contributed by atoms with E-state index in [-0.39, 0.29) is 0 Å². The second-order valence-electron chi connectivity index (χ2n) is 5.76. The van der Waals surface area contributed by atoms with Crippen molar-refractivity contribution in [2.24, 2.45) is 10.7 Å². The summed E-state index contributed by atoms with van der Waals surface area (Å²) in [5.74, 6) is 0. The van der Waals surface area contributed by atoms with Crippen LogP contribution in [0, 0.1) is 10.3 Å². The maximum Gasteiger partial charge on any atom is 0.0935 e. The molecular weight excluding hydrogens is 245 g/mol. The first-order valence-corrected chi connectivity index (χ1v) is 6.40. The van der Waals surface area contributed by atoms with Crippen LogP contribution in [0.4, 0.5) is 0 Å². The molecule has 4 nitrogen and oxygen atoms in total. The van der Waals surface area contributed by atoms with Gasteiger partial charge in [0, 0.05) is 25.0 Å². The third-order valence-electron chi connectivity index (χ3n) is 4.55. The molecule has 0 atom stereocenters. The Balaban J connectivity index is 1.71. The molecule has 0 N–H and O–H groups in total. The molecule has 2 fully saturated rings. The monoisotopic (exact) mass is 257 g/mol. The molecule has 0 aromatic heterocycles. The zero-order valence-electron chi connectivity index (χ0n) is 11.1. The van der Waals surface area contributed by atoms with Crippen LogP contribution in [0.3, 0.4) is 0 Å². The molecule has 0 amide bonds. The summed E-state index contributed by atoms with van der Waals surface area (Å²) in [5, 5.41) is 0.803. The first-order valence-electron chi connectivity index (χ1n) is 6.40. The SMILES string of the molecule is [B]C1([B])N(N=O)C([B])([B])C12CN(Cc1ccccc1)C2. The number of nitrogens with zero attached hydrogens (tertiary/aromatic N) is 3. The Labute approximate surface area is 123 Å². The summed E-state index contributed by atoms with van der Waals surface area (Å²) in [6, 6.07) is 10.0. The lowest BCUT2D eigenvalue weighted by Crippen LogP contribution is -2.94. The summed E-state index contributed by atoms with van der Waals surface area (Å²) in [7, 11) is 23.9. The Kier molecular flexibility index (Phi) is 2.88. The van der Waals surface area contributed by atoms with E-state index in [1.807, 2.05) is 30.3 Å². The van der Waals surface area contributed by atoms with Gasteiger partial charge in [0.2, 0.25) is 0 Å². The Bertz CT molecular complexity index is 513. The second kappa shape index (κ2) is 4.17. The van der Waals surface area contributed by atoms with E-state index in [0.29, 0.717) is 13.1 Å². The van der Waals surface area contributed by atoms with Crippen molar-refractivity contribution in [3.05, 3.63) is 40.8 Å². The minimum absolute atomic E-state index is 0.536. The van der Waals surface area contributed by atoms with E-state index in [1.54, 1.807) is 0 Å². The van der Waals surface area contributed by atoms with Crippen LogP contribution < -0.4 is 0 Å². The Morgan fingerprint density at radius 1 is 1.05 bits per heavy atom. The molecule has 0 bridgehead atoms. The molecule has 0 aliphatic carbocycles. The lowest BCUT2D eigenvalue weighted by atomic mass is 9.25. The lowest BCUT2D eigenvalue weighted by molar-refractivity contribution is -0.195. The highest BCUT2D eigenvalue weighted by Gasteiger charge is 2.73. The van der Waals surface area contributed by atoms with Crippen molar-refractivity contribution in [2.75, 3.05) is 13.1 Å². The van der Waals surface area contributed by atoms with Crippen LogP contribution in [0.25, 0.3) is 0 Å². The molecule has 92 valence electrons. The van der Waals surface area contributed by atoms with Crippen LogP contribution in [0.2, 0.25) is 0 Å². The van der Waals surface area contributed by atoms with Crippen LogP contribution in [0.1, 0.15) is 5.56 Å². The maximum atomic E-state index is 10.8. The highest BCUT2D eigenvalue weighted by atomic mass is 16.3. The molecular formula is C12H11B4N3O. The highest BCUT2D eigenvalue weighted by Crippen LogP contribution is 2.59. The fourth-order valence-corrected chi connectivity index (χ4v) is 3.29. The molecule has 20 heavy (non-hydrogen) atoms. The minimum Gasteiger partial charge on any atom is -0.298 e. The second-order valence-corrected chi connectivity index (χ2v) is 5.76. The predicted molar refractivity (Wildman–Crippen MR) is 80.3 cm³/mol. The molecule has 8 radical (unpaired) electrons. The van der Waals surface area contributed by atoms with Gasteiger partial charge in [0.1, 0.15) is 0 Å². The summed E-state index contributed by atoms with van der Waals surface area (Å²) in [6.45, 7) is 1.84. The van der Waals surface area contributed by atoms with Gasteiger partial charge in [-0.1, -0.05) is 30.3 Å². The molecule has 2 aliphatic heterocycles. The van der Waals surface area contributed by atoms with Crippen molar-refractivity contribution in [3.63, 3.8) is 0 Å². The summed E-state index contributed by atoms with van der Waals surface area (Å²) in [6.07, 6.45) is 0. The van der Waals surface area contributed by atoms with Gasteiger partial charge in [0.15, 0.2) is 0 Å². The molecule has 1 aromatic rings. The number of likely N-dealkylation sites (tertiary alicyclic amines) is 1. The first-order chi connectivity index (χ1) is 9.35. The predicted octanol–water partition coefficient (Wildman–Crippen LogP) is -0.533. The van der Waals surface area contributed by atoms with Crippen molar-refractivity contribution >= 4 is 31.4 Å². The van der Waals surface area contributed by atoms with E-state index in [2.05, 4.69) is 10.2 Å². The fraction of sp³-hybridized carbons (Fsp3) is 0.500. The number of rotatable bonds is 3. The van der Waals surface area contributed by atoms with E-state index < -0.39 is 16.1 Å². The van der Waals surface area contributed by atoms with Gasteiger partial charge in [-0.15, -0.1) is 4.91 Å². The number of hydrogen-bond acceptors (Lipinski definition) is 3. The normalized spacial score (nSPS) is 25.7. The topological polar surface area (TPSA) is 35.9 Å². The quantitative estimate of drug-likeness (QED) is 0.539. The van der Waals surface area contributed by atoms with E-state index in [9.17, 15) is 4.91 Å². The summed E-state index contributed by atoms with van der Waals surface area (Å²) in [4.78, 5) is 12.9. The van der Waals surface area contributed by atoms with E-state index in [0.717, 1.165) is 11.6 Å². The average molecular weight is 256 g/mol. The van der Waals surface area contributed by atoms with Crippen LogP contribution in [-0.4, -0.2) is 65.1 Å². The van der Waals surface area contributed by atoms with Gasteiger partial charge in [0.25, 0.3) is 0 Å². The third-order valence-corrected chi connectivity index (χ3v) is 4.55. The van der Waals surface area contributed by atoms with Crippen molar-refractivity contribution in [3.8, 4) is 0 Å². The molecule has 2 heterocycles. The van der Waals surface area contributed by atoms with Gasteiger partial charge < -0.3 is 0 Å². The zero-order chi connectivity index (χ0) is 14.6. The zero-order valence-corrected chi connectivity index (χ0v) is 11.1. The number of hydrogen-bond donors (Lipinski definition) is 0. The third kappa shape index (κ3) is 1.51. The van der Waals surface area contributed by atoms with E-state index in [1.165, 1.54) is 5.56 Å². The number of benzene rings is 1. The van der Waals surface area contributed by atoms with E-state index in [4.69, 9.17) is 31.4 Å². The van der Waals surface area contributed by atoms with E-state index >= 15 is 0 Å². The van der Waals surface area contributed by atoms with Gasteiger partial charge in [0.05, 0.1) is 36.7 Å². The summed E-state index contributed by atoms with van der Waals surface area (Å²) < 4.78 is 0. The average Bonchev–Trinajstić information content (AvgIpc) is 2.33. The molecule has 0 saturated carbocycles. The number of nitroso groups, excluding NO2 is 1. The van der Waals surface area contributed by atoms with Gasteiger partial charge in [-0.05, 0) is 16.2 Å². The van der Waals surface area contributed by atoms with Gasteiger partial charge in [-0.25, -0.2) is 0 Å². The standard InChI is InChI=1S/C12H11B4N3O/c13-11(14)10(12(15,16)19(11)17-20)7-18(8-10)6-9-4-2-1-3-5-9/h1-5H,6-8H2. The Morgan fingerprint density at radius 2 is 1.60 bits per heavy atom. The molecule has 1 aromatic carbocycles. The Hall–Kier alpha value is -1.16. The Morgan fingerprint density at radius 3 is 2.10 bits per heavy atom. The van der Waals surface area contributed by atoms with Crippen LogP contribution in [-0.2, 0) is 6.54 Å². The van der Waals surface area contributed by atoms with Crippen LogP contribution in [0.15, 0.2) is 35.6 Å². The van der Waals surface area contributed by atoms with Gasteiger partial charge in [-0.3, -0.25) is 9.91 Å². The van der Waals surface area contributed by atoms with Crippen molar-refractivity contribution < 1.29 is 0 Å². The fourth-order valence-electron chi connectivity index (χ4n) is 3.29. The molecule has 0 unspecified atom stereocenters. The van der Waals surface area contributed by atoms with Crippen molar-refractivity contribution in [1.82, 2.24) is 9.91 Å². The lowest BCUT2D eigenvalue weighted by Gasteiger charge is -2.79. The smallest absolute Gasteiger partial charge is 0.0935 e. The first kappa shape index (κ1) is 13.8. The van der Waals surface area contributed by atoms with Gasteiger partial charge in [-0.2, -0.15) is 0 Å². The van der Waals surface area contributed by atoms with Gasteiger partial charge >= 0.3 is 0 Å².